The molecule has 34 heavy (non-hydrogen) atoms. The fourth-order valence-electron chi connectivity index (χ4n) is 4.76. The van der Waals surface area contributed by atoms with Gasteiger partial charge in [0.1, 0.15) is 12.1 Å². The number of nitrogens with one attached hydrogen (secondary N) is 1. The molecular formula is C26H24N6O2. The van der Waals surface area contributed by atoms with Crippen LogP contribution in [0.4, 0.5) is 23.1 Å². The van der Waals surface area contributed by atoms with Crippen molar-refractivity contribution in [3.8, 4) is 11.3 Å². The van der Waals surface area contributed by atoms with Crippen LogP contribution in [-0.2, 0) is 24.2 Å². The van der Waals surface area contributed by atoms with E-state index in [1.54, 1.807) is 6.20 Å². The van der Waals surface area contributed by atoms with Crippen LogP contribution in [0.5, 0.6) is 0 Å². The predicted molar refractivity (Wildman–Crippen MR) is 129 cm³/mol. The number of para-hydroxylation sites is 1. The van der Waals surface area contributed by atoms with E-state index in [9.17, 15) is 4.79 Å². The fraction of sp³-hybridized carbons (Fsp3) is 0.231. The minimum absolute atomic E-state index is 0.424. The van der Waals surface area contributed by atoms with E-state index < -0.39 is 0 Å². The number of aromatic nitrogens is 3. The average molecular weight is 453 g/mol. The van der Waals surface area contributed by atoms with Crippen molar-refractivity contribution in [2.24, 2.45) is 0 Å². The topological polar surface area (TPSA) is 87.4 Å². The lowest BCUT2D eigenvalue weighted by atomic mass is 10.1. The van der Waals surface area contributed by atoms with Crippen molar-refractivity contribution in [2.45, 2.75) is 19.4 Å². The molecule has 0 amide bonds. The summed E-state index contributed by atoms with van der Waals surface area (Å²) in [5.41, 5.74) is 6.52. The lowest BCUT2D eigenvalue weighted by molar-refractivity contribution is -0.109. The molecule has 0 unspecified atom stereocenters. The second-order valence-electron chi connectivity index (χ2n) is 8.55. The Morgan fingerprint density at radius 1 is 1.03 bits per heavy atom. The molecule has 0 fully saturated rings. The molecule has 0 saturated heterocycles. The number of fused-ring (bicyclic) bond motifs is 2. The first-order valence-electron chi connectivity index (χ1n) is 11.5. The van der Waals surface area contributed by atoms with Gasteiger partial charge in [-0.2, -0.15) is 4.98 Å². The zero-order chi connectivity index (χ0) is 22.9. The van der Waals surface area contributed by atoms with Crippen molar-refractivity contribution in [2.75, 3.05) is 29.9 Å². The zero-order valence-electron chi connectivity index (χ0n) is 18.6. The summed E-state index contributed by atoms with van der Waals surface area (Å²) >= 11 is 0. The Morgan fingerprint density at radius 3 is 2.74 bits per heavy atom. The summed E-state index contributed by atoms with van der Waals surface area (Å²) < 4.78 is 5.38. The molecule has 2 aromatic carbocycles. The largest absolute Gasteiger partial charge is 0.444 e. The van der Waals surface area contributed by atoms with Crippen LogP contribution in [0.3, 0.4) is 0 Å². The molecule has 1 N–H and O–H groups in total. The molecule has 4 heterocycles. The van der Waals surface area contributed by atoms with Crippen molar-refractivity contribution in [1.82, 2.24) is 19.9 Å². The molecule has 4 aromatic rings. The molecule has 170 valence electrons. The summed E-state index contributed by atoms with van der Waals surface area (Å²) in [6.07, 6.45) is 5.86. The number of hydrogen-bond donors (Lipinski definition) is 1. The molecular weight excluding hydrogens is 428 g/mol. The number of aldehydes is 1. The Hall–Kier alpha value is -4.04. The highest BCUT2D eigenvalue weighted by Gasteiger charge is 2.29. The number of hydrogen-bond acceptors (Lipinski definition) is 8. The molecule has 0 bridgehead atoms. The third-order valence-corrected chi connectivity index (χ3v) is 6.45. The van der Waals surface area contributed by atoms with Crippen LogP contribution in [0.1, 0.15) is 16.8 Å². The molecule has 2 aromatic heterocycles. The third-order valence-electron chi connectivity index (χ3n) is 6.45. The average Bonchev–Trinajstić information content (AvgIpc) is 3.55. The number of benzene rings is 2. The fourth-order valence-corrected chi connectivity index (χ4v) is 4.76. The summed E-state index contributed by atoms with van der Waals surface area (Å²) in [5, 5.41) is 3.39. The van der Waals surface area contributed by atoms with E-state index in [1.165, 1.54) is 17.6 Å². The molecule has 2 aliphatic heterocycles. The molecule has 8 nitrogen and oxygen atoms in total. The van der Waals surface area contributed by atoms with Gasteiger partial charge < -0.3 is 19.4 Å². The minimum Gasteiger partial charge on any atom is -0.444 e. The first kappa shape index (κ1) is 20.6. The highest BCUT2D eigenvalue weighted by atomic mass is 16.3. The van der Waals surface area contributed by atoms with Crippen LogP contribution < -0.4 is 10.2 Å². The lowest BCUT2D eigenvalue weighted by Crippen LogP contribution is -2.34. The van der Waals surface area contributed by atoms with Gasteiger partial charge in [-0.05, 0) is 42.3 Å². The molecule has 6 rings (SSSR count). The summed E-state index contributed by atoms with van der Waals surface area (Å²) in [7, 11) is 0. The third kappa shape index (κ3) is 3.82. The minimum atomic E-state index is 0.424. The highest BCUT2D eigenvalue weighted by Crippen LogP contribution is 2.38. The second-order valence-corrected chi connectivity index (χ2v) is 8.55. The second kappa shape index (κ2) is 8.72. The number of rotatable bonds is 6. The van der Waals surface area contributed by atoms with E-state index >= 15 is 0 Å². The zero-order valence-corrected chi connectivity index (χ0v) is 18.6. The van der Waals surface area contributed by atoms with Crippen LogP contribution in [0.2, 0.25) is 0 Å². The van der Waals surface area contributed by atoms with E-state index in [-0.39, 0.29) is 0 Å². The van der Waals surface area contributed by atoms with Gasteiger partial charge in [0.05, 0.1) is 18.4 Å². The maximum atomic E-state index is 11.1. The lowest BCUT2D eigenvalue weighted by Gasteiger charge is -2.31. The van der Waals surface area contributed by atoms with E-state index in [4.69, 9.17) is 14.4 Å². The Morgan fingerprint density at radius 2 is 1.91 bits per heavy atom. The normalized spacial score (nSPS) is 15.1. The van der Waals surface area contributed by atoms with Crippen molar-refractivity contribution in [3.63, 3.8) is 0 Å². The predicted octanol–water partition coefficient (Wildman–Crippen LogP) is 4.13. The molecule has 0 aliphatic carbocycles. The number of carbonyl (C=O) groups excluding carboxylic acids is 1. The van der Waals surface area contributed by atoms with Crippen LogP contribution >= 0.6 is 0 Å². The number of carbonyl (C=O) groups is 1. The Bertz CT molecular complexity index is 1320. The van der Waals surface area contributed by atoms with Crippen molar-refractivity contribution in [3.05, 3.63) is 77.9 Å². The van der Waals surface area contributed by atoms with E-state index in [0.717, 1.165) is 66.3 Å². The molecule has 0 atom stereocenters. The summed E-state index contributed by atoms with van der Waals surface area (Å²) in [6, 6.07) is 16.4. The number of nitrogens with zero attached hydrogens (tertiary/aromatic N) is 5. The molecule has 8 heteroatoms. The van der Waals surface area contributed by atoms with E-state index in [1.807, 2.05) is 24.3 Å². The Balaban J connectivity index is 1.35. The molecule has 0 saturated carbocycles. The summed E-state index contributed by atoms with van der Waals surface area (Å²) in [5.74, 6) is 2.23. The van der Waals surface area contributed by atoms with Crippen LogP contribution in [0.15, 0.2) is 65.5 Å². The van der Waals surface area contributed by atoms with Gasteiger partial charge in [-0.1, -0.05) is 18.2 Å². The quantitative estimate of drug-likeness (QED) is 0.437. The van der Waals surface area contributed by atoms with Crippen molar-refractivity contribution < 1.29 is 9.21 Å². The molecule has 0 radical (unpaired) electrons. The monoisotopic (exact) mass is 452 g/mol. The van der Waals surface area contributed by atoms with Crippen molar-refractivity contribution >= 4 is 29.4 Å². The maximum Gasteiger partial charge on any atom is 0.229 e. The van der Waals surface area contributed by atoms with Gasteiger partial charge in [-0.25, -0.2) is 9.97 Å². The number of oxazole rings is 1. The smallest absolute Gasteiger partial charge is 0.229 e. The first-order valence-corrected chi connectivity index (χ1v) is 11.5. The Kier molecular flexibility index (Phi) is 5.27. The SMILES string of the molecule is O=CCN1CCc2nc(Nc3ccc(-c4cnco4)cc3)nc(N3CCc4ccccc43)c2C1. The standard InChI is InChI=1S/C26H24N6O2/c33-14-13-31-11-10-22-21(16-31)25(32-12-9-18-3-1-2-4-23(18)32)30-26(29-22)28-20-7-5-19(6-8-20)24-15-27-17-34-24/h1-8,14-15,17H,9-13,16H2,(H,28,29,30). The number of anilines is 4. The maximum absolute atomic E-state index is 11.1. The summed E-state index contributed by atoms with van der Waals surface area (Å²) in [4.78, 5) is 29.4. The molecule has 2 aliphatic rings. The van der Waals surface area contributed by atoms with Gasteiger partial charge in [0.15, 0.2) is 12.2 Å². The van der Waals surface area contributed by atoms with Crippen LogP contribution in [0.25, 0.3) is 11.3 Å². The van der Waals surface area contributed by atoms with E-state index in [0.29, 0.717) is 19.0 Å². The highest BCUT2D eigenvalue weighted by molar-refractivity contribution is 5.72. The van der Waals surface area contributed by atoms with Gasteiger partial charge in [0.25, 0.3) is 0 Å². The summed E-state index contributed by atoms with van der Waals surface area (Å²) in [6.45, 7) is 2.78. The van der Waals surface area contributed by atoms with Crippen LogP contribution in [0, 0.1) is 0 Å². The van der Waals surface area contributed by atoms with E-state index in [2.05, 4.69) is 44.4 Å². The van der Waals surface area contributed by atoms with Gasteiger partial charge in [-0.3, -0.25) is 4.90 Å². The van der Waals surface area contributed by atoms with Gasteiger partial charge >= 0.3 is 0 Å². The van der Waals surface area contributed by atoms with Gasteiger partial charge in [-0.15, -0.1) is 0 Å². The Labute approximate surface area is 197 Å². The van der Waals surface area contributed by atoms with Crippen molar-refractivity contribution in [1.29, 1.82) is 0 Å². The van der Waals surface area contributed by atoms with Gasteiger partial charge in [0, 0.05) is 48.6 Å². The first-order chi connectivity index (χ1) is 16.8. The van der Waals surface area contributed by atoms with Gasteiger partial charge in [0.2, 0.25) is 5.95 Å². The molecule has 0 spiro atoms. The van der Waals surface area contributed by atoms with Crippen LogP contribution in [-0.4, -0.2) is 45.8 Å².